The van der Waals surface area contributed by atoms with E-state index in [1.807, 2.05) is 18.2 Å². The van der Waals surface area contributed by atoms with Gasteiger partial charge in [0.25, 0.3) is 11.8 Å². The van der Waals surface area contributed by atoms with Crippen molar-refractivity contribution in [2.75, 3.05) is 25.7 Å². The van der Waals surface area contributed by atoms with Gasteiger partial charge < -0.3 is 23.7 Å². The average molecular weight is 625 g/mol. The molecular formula is C35H26ClFN2O6. The van der Waals surface area contributed by atoms with Crippen molar-refractivity contribution < 1.29 is 27.9 Å². The Morgan fingerprint density at radius 2 is 1.60 bits per heavy atom. The van der Waals surface area contributed by atoms with E-state index < -0.39 is 28.6 Å². The maximum absolute atomic E-state index is 14.9. The zero-order valence-corrected chi connectivity index (χ0v) is 25.1. The van der Waals surface area contributed by atoms with E-state index in [2.05, 4.69) is 0 Å². The summed E-state index contributed by atoms with van der Waals surface area (Å²) in [5.74, 6) is -0.897. The zero-order chi connectivity index (χ0) is 31.5. The zero-order valence-electron chi connectivity index (χ0n) is 24.3. The van der Waals surface area contributed by atoms with E-state index in [1.165, 1.54) is 18.1 Å². The highest BCUT2D eigenvalue weighted by Gasteiger charge is 2.64. The lowest BCUT2D eigenvalue weighted by atomic mass is 9.83. The van der Waals surface area contributed by atoms with Crippen LogP contribution in [0.15, 0.2) is 94.1 Å². The molecule has 45 heavy (non-hydrogen) atoms. The number of ether oxygens (including phenoxy) is 2. The fraction of sp³-hybridized carbons (Fsp3) is 0.171. The van der Waals surface area contributed by atoms with Gasteiger partial charge in [0.15, 0.2) is 22.5 Å². The fourth-order valence-corrected chi connectivity index (χ4v) is 6.60. The molecule has 2 aliphatic heterocycles. The van der Waals surface area contributed by atoms with Crippen LogP contribution in [0.3, 0.4) is 0 Å². The monoisotopic (exact) mass is 624 g/mol. The van der Waals surface area contributed by atoms with Gasteiger partial charge in [-0.1, -0.05) is 48.0 Å². The van der Waals surface area contributed by atoms with Crippen LogP contribution in [-0.2, 0) is 23.3 Å². The van der Waals surface area contributed by atoms with Gasteiger partial charge in [0.1, 0.15) is 11.4 Å². The molecule has 10 heteroatoms. The highest BCUT2D eigenvalue weighted by molar-refractivity contribution is 6.30. The molecule has 2 aliphatic rings. The Kier molecular flexibility index (Phi) is 6.85. The number of carbonyl (C=O) groups is 2. The lowest BCUT2D eigenvalue weighted by Crippen LogP contribution is -2.53. The fourth-order valence-electron chi connectivity index (χ4n) is 6.47. The van der Waals surface area contributed by atoms with Crippen molar-refractivity contribution >= 4 is 40.1 Å². The maximum atomic E-state index is 14.9. The largest absolute Gasteiger partial charge is 0.493 e. The third-order valence-electron chi connectivity index (χ3n) is 8.52. The second kappa shape index (κ2) is 10.8. The highest BCUT2D eigenvalue weighted by Crippen LogP contribution is 2.53. The number of hydrogen-bond donors (Lipinski definition) is 0. The number of rotatable bonds is 7. The summed E-state index contributed by atoms with van der Waals surface area (Å²) in [6.45, 7) is 0.215. The molecule has 0 fully saturated rings. The molecule has 1 atom stereocenters. The van der Waals surface area contributed by atoms with E-state index in [9.17, 15) is 18.8 Å². The van der Waals surface area contributed by atoms with Crippen molar-refractivity contribution in [3.8, 4) is 11.5 Å². The van der Waals surface area contributed by atoms with E-state index >= 15 is 0 Å². The lowest BCUT2D eigenvalue weighted by Gasteiger charge is -2.34. The van der Waals surface area contributed by atoms with Crippen molar-refractivity contribution in [3.05, 3.63) is 134 Å². The van der Waals surface area contributed by atoms with Crippen LogP contribution in [0.2, 0.25) is 5.02 Å². The van der Waals surface area contributed by atoms with Crippen LogP contribution >= 0.6 is 11.6 Å². The molecule has 0 saturated carbocycles. The van der Waals surface area contributed by atoms with E-state index in [0.29, 0.717) is 34.2 Å². The third-order valence-corrected chi connectivity index (χ3v) is 8.78. The second-order valence-electron chi connectivity index (χ2n) is 10.9. The minimum absolute atomic E-state index is 0.0518. The Bertz CT molecular complexity index is 2080. The number of anilines is 1. The highest BCUT2D eigenvalue weighted by atomic mass is 35.5. The van der Waals surface area contributed by atoms with Crippen molar-refractivity contribution in [3.63, 3.8) is 0 Å². The van der Waals surface area contributed by atoms with E-state index in [1.54, 1.807) is 60.5 Å². The molecule has 0 aliphatic carbocycles. The molecule has 3 heterocycles. The van der Waals surface area contributed by atoms with Gasteiger partial charge in [0, 0.05) is 17.1 Å². The minimum Gasteiger partial charge on any atom is -0.493 e. The van der Waals surface area contributed by atoms with E-state index in [-0.39, 0.29) is 35.4 Å². The summed E-state index contributed by atoms with van der Waals surface area (Å²) in [4.78, 5) is 46.5. The molecule has 226 valence electrons. The summed E-state index contributed by atoms with van der Waals surface area (Å²) >= 11 is 6.11. The van der Waals surface area contributed by atoms with Crippen molar-refractivity contribution in [1.82, 2.24) is 4.90 Å². The number of hydrogen-bond acceptors (Lipinski definition) is 6. The summed E-state index contributed by atoms with van der Waals surface area (Å²) in [6.07, 6.45) is 0.316. The number of para-hydroxylation sites is 1. The summed E-state index contributed by atoms with van der Waals surface area (Å²) in [5, 5.41) is 0.501. The van der Waals surface area contributed by atoms with Gasteiger partial charge in [-0.25, -0.2) is 4.39 Å². The molecular weight excluding hydrogens is 599 g/mol. The number of fused-ring (bicyclic) bond motifs is 5. The molecule has 1 unspecified atom stereocenters. The molecule has 0 saturated heterocycles. The molecule has 0 N–H and O–H groups in total. The number of methoxy groups -OCH3 is 2. The summed E-state index contributed by atoms with van der Waals surface area (Å²) < 4.78 is 31.3. The SMILES string of the molecule is COc1ccc(CCN2C(=O)c3oc4ccc(F)cc4c(=O)c3C23C(=O)N(Cc2ccc(Cl)cc2)c2ccccc23)cc1OC. The number of benzene rings is 4. The molecule has 1 spiro atoms. The van der Waals surface area contributed by atoms with Gasteiger partial charge in [-0.3, -0.25) is 14.4 Å². The van der Waals surface area contributed by atoms with Gasteiger partial charge in [-0.2, -0.15) is 0 Å². The first-order valence-electron chi connectivity index (χ1n) is 14.2. The van der Waals surface area contributed by atoms with Crippen LogP contribution in [0.25, 0.3) is 11.0 Å². The summed E-state index contributed by atoms with van der Waals surface area (Å²) in [7, 11) is 3.08. The number of halogens is 2. The number of amides is 2. The smallest absolute Gasteiger partial charge is 0.291 e. The van der Waals surface area contributed by atoms with E-state index in [0.717, 1.165) is 23.3 Å². The Labute approximate surface area is 262 Å². The maximum Gasteiger partial charge on any atom is 0.291 e. The van der Waals surface area contributed by atoms with Crippen LogP contribution in [0.4, 0.5) is 10.1 Å². The molecule has 8 nitrogen and oxygen atoms in total. The van der Waals surface area contributed by atoms with Crippen LogP contribution < -0.4 is 19.8 Å². The Balaban J connectivity index is 1.42. The predicted molar refractivity (Wildman–Crippen MR) is 167 cm³/mol. The van der Waals surface area contributed by atoms with Gasteiger partial charge in [-0.15, -0.1) is 0 Å². The van der Waals surface area contributed by atoms with Crippen LogP contribution in [0, 0.1) is 5.82 Å². The molecule has 7 rings (SSSR count). The predicted octanol–water partition coefficient (Wildman–Crippen LogP) is 6.09. The van der Waals surface area contributed by atoms with E-state index in [4.69, 9.17) is 25.5 Å². The van der Waals surface area contributed by atoms with Crippen molar-refractivity contribution in [2.24, 2.45) is 0 Å². The van der Waals surface area contributed by atoms with Crippen LogP contribution in [0.5, 0.6) is 11.5 Å². The first-order chi connectivity index (χ1) is 21.8. The topological polar surface area (TPSA) is 89.3 Å². The quantitative estimate of drug-likeness (QED) is 0.218. The van der Waals surface area contributed by atoms with Crippen LogP contribution in [-0.4, -0.2) is 37.5 Å². The van der Waals surface area contributed by atoms with Crippen molar-refractivity contribution in [1.29, 1.82) is 0 Å². The normalized spacial score (nSPS) is 16.9. The first kappa shape index (κ1) is 28.6. The van der Waals surface area contributed by atoms with Gasteiger partial charge in [-0.05, 0) is 66.1 Å². The van der Waals surface area contributed by atoms with Crippen LogP contribution in [0.1, 0.15) is 32.8 Å². The molecule has 5 aromatic rings. The Hall–Kier alpha value is -5.15. The Morgan fingerprint density at radius 3 is 2.36 bits per heavy atom. The van der Waals surface area contributed by atoms with Gasteiger partial charge in [0.2, 0.25) is 5.76 Å². The Morgan fingerprint density at radius 1 is 0.867 bits per heavy atom. The molecule has 4 aromatic carbocycles. The molecule has 1 aromatic heterocycles. The lowest BCUT2D eigenvalue weighted by molar-refractivity contribution is -0.126. The average Bonchev–Trinajstić information content (AvgIpc) is 3.44. The molecule has 0 bridgehead atoms. The number of carbonyl (C=O) groups excluding carboxylic acids is 2. The summed E-state index contributed by atoms with van der Waals surface area (Å²) in [6, 6.07) is 23.1. The third kappa shape index (κ3) is 4.29. The number of nitrogens with zero attached hydrogens (tertiary/aromatic N) is 2. The first-order valence-corrected chi connectivity index (χ1v) is 14.6. The summed E-state index contributed by atoms with van der Waals surface area (Å²) in [5.41, 5.74) is 0.0933. The molecule has 0 radical (unpaired) electrons. The minimum atomic E-state index is -1.84. The van der Waals surface area contributed by atoms with Gasteiger partial charge in [0.05, 0.1) is 37.4 Å². The standard InChI is InChI=1S/C35H26ClFN2O6/c1-43-28-13-9-20(17-29(28)44-2)15-16-39-33(41)32-30(31(40)24-18-23(37)12-14-27(24)45-32)35(39)25-5-3-4-6-26(25)38(34(35)42)19-21-7-10-22(36)11-8-21/h3-14,17-18H,15-16,19H2,1-2H3. The van der Waals surface area contributed by atoms with Crippen molar-refractivity contribution in [2.45, 2.75) is 18.5 Å². The molecule has 2 amide bonds. The van der Waals surface area contributed by atoms with Gasteiger partial charge >= 0.3 is 0 Å². The second-order valence-corrected chi connectivity index (χ2v) is 11.4.